The number of rotatable bonds is 24. The van der Waals surface area contributed by atoms with E-state index in [4.69, 9.17) is 37.1 Å². The first-order chi connectivity index (χ1) is 23.3. The van der Waals surface area contributed by atoms with Crippen molar-refractivity contribution in [3.05, 3.63) is 0 Å². The van der Waals surface area contributed by atoms with E-state index in [-0.39, 0.29) is 11.5 Å². The molecule has 4 aliphatic rings. The number of nitrogens with one attached hydrogen (secondary N) is 2. The number of hydrogen-bond donors (Lipinski definition) is 6. The second kappa shape index (κ2) is 20.6. The molecule has 4 aliphatic carbocycles. The second-order valence-corrected chi connectivity index (χ2v) is 16.6. The van der Waals surface area contributed by atoms with E-state index in [0.29, 0.717) is 72.8 Å². The van der Waals surface area contributed by atoms with Crippen molar-refractivity contribution in [2.24, 2.45) is 69.3 Å². The van der Waals surface area contributed by atoms with Crippen LogP contribution in [0.4, 0.5) is 0 Å². The molecule has 0 amide bonds. The molecule has 0 saturated heterocycles. The van der Waals surface area contributed by atoms with Crippen molar-refractivity contribution in [3.63, 3.8) is 0 Å². The van der Waals surface area contributed by atoms with Crippen LogP contribution in [0, 0.1) is 46.3 Å². The lowest BCUT2D eigenvalue weighted by Crippen LogP contribution is -2.63. The largest absolute Gasteiger partial charge is 0.378 e. The molecule has 0 aromatic rings. The minimum Gasteiger partial charge on any atom is -0.378 e. The highest BCUT2D eigenvalue weighted by Crippen LogP contribution is 2.69. The number of nitrogens with two attached hydrogens (primary N) is 4. The summed E-state index contributed by atoms with van der Waals surface area (Å²) in [6.45, 7) is 17.3. The SMILES string of the molecule is C[C@H](CCCNCCCNCCCN)C1CC[C@H]2C3[C@H](OCCCN)CC4C[C@H](OCCCN)CCC4(C)[C@H]3C[C@H](OCCCN)C12C. The van der Waals surface area contributed by atoms with Gasteiger partial charge in [0.05, 0.1) is 18.3 Å². The molecule has 5 unspecified atom stereocenters. The molecule has 0 radical (unpaired) electrons. The molecular formula is C39H78N6O3. The van der Waals surface area contributed by atoms with Gasteiger partial charge in [-0.3, -0.25) is 0 Å². The van der Waals surface area contributed by atoms with Crippen LogP contribution in [0.5, 0.6) is 0 Å². The first kappa shape index (κ1) is 40.4. The van der Waals surface area contributed by atoms with Gasteiger partial charge in [-0.25, -0.2) is 0 Å². The summed E-state index contributed by atoms with van der Waals surface area (Å²) in [5.41, 5.74) is 23.8. The summed E-state index contributed by atoms with van der Waals surface area (Å²) < 4.78 is 20.3. The van der Waals surface area contributed by atoms with Crippen LogP contribution in [-0.4, -0.2) is 90.5 Å². The summed E-state index contributed by atoms with van der Waals surface area (Å²) in [5, 5.41) is 7.19. The molecule has 48 heavy (non-hydrogen) atoms. The molecule has 4 rings (SSSR count). The van der Waals surface area contributed by atoms with Gasteiger partial charge in [0.1, 0.15) is 0 Å². The average molecular weight is 679 g/mol. The number of fused-ring (bicyclic) bond motifs is 5. The predicted molar refractivity (Wildman–Crippen MR) is 199 cm³/mol. The number of ether oxygens (including phenoxy) is 3. The molecule has 0 aromatic heterocycles. The molecule has 0 heterocycles. The van der Waals surface area contributed by atoms with Gasteiger partial charge in [-0.15, -0.1) is 0 Å². The van der Waals surface area contributed by atoms with Gasteiger partial charge in [0, 0.05) is 25.2 Å². The fraction of sp³-hybridized carbons (Fsp3) is 1.00. The summed E-state index contributed by atoms with van der Waals surface area (Å²) in [7, 11) is 0. The second-order valence-electron chi connectivity index (χ2n) is 16.6. The van der Waals surface area contributed by atoms with Crippen molar-refractivity contribution < 1.29 is 14.2 Å². The summed E-state index contributed by atoms with van der Waals surface area (Å²) >= 11 is 0. The van der Waals surface area contributed by atoms with Gasteiger partial charge in [0.15, 0.2) is 0 Å². The molecule has 4 saturated carbocycles. The standard InChI is InChI=1S/C39H78N6O3/c1-29(10-4-19-44-21-9-22-45-20-5-15-40)32-11-12-33-37-34(28-36(39(32,33)3)48-25-8-18-43)38(2)14-13-31(46-23-6-16-41)26-30(38)27-35(37)47-24-7-17-42/h29-37,44-45H,4-28,40-43H2,1-3H3/t29-,30?,31-,32?,33+,34+,35-,36+,37?,38?,39?/m1/s1. The Morgan fingerprint density at radius 2 is 1.29 bits per heavy atom. The Labute approximate surface area is 294 Å². The van der Waals surface area contributed by atoms with E-state index in [1.54, 1.807) is 0 Å². The molecule has 11 atom stereocenters. The third-order valence-corrected chi connectivity index (χ3v) is 13.8. The van der Waals surface area contributed by atoms with E-state index < -0.39 is 0 Å². The van der Waals surface area contributed by atoms with Crippen molar-refractivity contribution in [3.8, 4) is 0 Å². The van der Waals surface area contributed by atoms with Crippen LogP contribution >= 0.6 is 0 Å². The highest BCUT2D eigenvalue weighted by molar-refractivity contribution is 5.15. The van der Waals surface area contributed by atoms with Crippen molar-refractivity contribution in [2.45, 2.75) is 129 Å². The van der Waals surface area contributed by atoms with Crippen molar-refractivity contribution in [1.29, 1.82) is 0 Å². The van der Waals surface area contributed by atoms with Crippen LogP contribution in [0.3, 0.4) is 0 Å². The topological polar surface area (TPSA) is 156 Å². The Bertz CT molecular complexity index is 885. The van der Waals surface area contributed by atoms with E-state index in [9.17, 15) is 0 Å². The van der Waals surface area contributed by atoms with Crippen LogP contribution in [0.15, 0.2) is 0 Å². The normalized spacial score (nSPS) is 36.8. The Hall–Kier alpha value is -0.360. The molecule has 0 aliphatic heterocycles. The van der Waals surface area contributed by atoms with Crippen molar-refractivity contribution in [1.82, 2.24) is 10.6 Å². The minimum absolute atomic E-state index is 0.166. The smallest absolute Gasteiger partial charge is 0.0637 e. The highest BCUT2D eigenvalue weighted by atomic mass is 16.5. The highest BCUT2D eigenvalue weighted by Gasteiger charge is 2.66. The first-order valence-electron chi connectivity index (χ1n) is 20.4. The molecule has 9 nitrogen and oxygen atoms in total. The zero-order chi connectivity index (χ0) is 34.4. The van der Waals surface area contributed by atoms with E-state index >= 15 is 0 Å². The van der Waals surface area contributed by atoms with Gasteiger partial charge in [0.25, 0.3) is 0 Å². The summed E-state index contributed by atoms with van der Waals surface area (Å²) in [5.74, 6) is 3.83. The fourth-order valence-electron chi connectivity index (χ4n) is 11.2. The number of hydrogen-bond acceptors (Lipinski definition) is 9. The van der Waals surface area contributed by atoms with Gasteiger partial charge < -0.3 is 47.8 Å². The maximum absolute atomic E-state index is 7.02. The molecule has 10 N–H and O–H groups in total. The van der Waals surface area contributed by atoms with Gasteiger partial charge >= 0.3 is 0 Å². The van der Waals surface area contributed by atoms with Crippen molar-refractivity contribution in [2.75, 3.05) is 72.2 Å². The minimum atomic E-state index is 0.166. The zero-order valence-electron chi connectivity index (χ0n) is 31.4. The lowest BCUT2D eigenvalue weighted by molar-refractivity contribution is -0.227. The predicted octanol–water partition coefficient (Wildman–Crippen LogP) is 4.40. The lowest BCUT2D eigenvalue weighted by Gasteiger charge is -2.65. The third-order valence-electron chi connectivity index (χ3n) is 13.8. The maximum atomic E-state index is 7.02. The maximum Gasteiger partial charge on any atom is 0.0637 e. The Kier molecular flexibility index (Phi) is 17.4. The van der Waals surface area contributed by atoms with Crippen LogP contribution in [0.1, 0.15) is 111 Å². The fourth-order valence-corrected chi connectivity index (χ4v) is 11.2. The molecule has 0 bridgehead atoms. The van der Waals surface area contributed by atoms with E-state index in [0.717, 1.165) is 91.1 Å². The monoisotopic (exact) mass is 679 g/mol. The van der Waals surface area contributed by atoms with Crippen LogP contribution in [0.2, 0.25) is 0 Å². The summed E-state index contributed by atoms with van der Waals surface area (Å²) in [6, 6.07) is 0. The molecule has 0 spiro atoms. The third kappa shape index (κ3) is 9.94. The molecule has 0 aromatic carbocycles. The van der Waals surface area contributed by atoms with Gasteiger partial charge in [-0.2, -0.15) is 0 Å². The van der Waals surface area contributed by atoms with Gasteiger partial charge in [0.2, 0.25) is 0 Å². The Morgan fingerprint density at radius 1 is 0.667 bits per heavy atom. The average Bonchev–Trinajstić information content (AvgIpc) is 3.44. The molecule has 4 fully saturated rings. The molecular weight excluding hydrogens is 600 g/mol. The Morgan fingerprint density at radius 3 is 1.98 bits per heavy atom. The molecule has 9 heteroatoms. The lowest BCUT2D eigenvalue weighted by atomic mass is 9.43. The Balaban J connectivity index is 1.46. The summed E-state index contributed by atoms with van der Waals surface area (Å²) in [6.07, 6.45) is 17.0. The van der Waals surface area contributed by atoms with Gasteiger partial charge in [-0.1, -0.05) is 20.8 Å². The van der Waals surface area contributed by atoms with Crippen LogP contribution in [-0.2, 0) is 14.2 Å². The van der Waals surface area contributed by atoms with E-state index in [1.807, 2.05) is 0 Å². The van der Waals surface area contributed by atoms with Crippen LogP contribution < -0.4 is 33.6 Å². The first-order valence-corrected chi connectivity index (χ1v) is 20.4. The summed E-state index contributed by atoms with van der Waals surface area (Å²) in [4.78, 5) is 0. The molecule has 282 valence electrons. The quantitative estimate of drug-likeness (QED) is 0.0815. The van der Waals surface area contributed by atoms with Crippen LogP contribution in [0.25, 0.3) is 0 Å². The van der Waals surface area contributed by atoms with E-state index in [1.165, 1.54) is 51.4 Å². The van der Waals surface area contributed by atoms with E-state index in [2.05, 4.69) is 31.4 Å². The van der Waals surface area contributed by atoms with Crippen molar-refractivity contribution >= 4 is 0 Å². The van der Waals surface area contributed by atoms with Gasteiger partial charge in [-0.05, 0) is 183 Å². The zero-order valence-corrected chi connectivity index (χ0v) is 31.4.